The molecule has 0 aliphatic carbocycles. The summed E-state index contributed by atoms with van der Waals surface area (Å²) >= 11 is 11.7. The Hall–Kier alpha value is -0.930. The van der Waals surface area contributed by atoms with Crippen molar-refractivity contribution in [2.45, 2.75) is 0 Å². The maximum atomic E-state index is 5.93. The molecule has 14 heavy (non-hydrogen) atoms. The molecule has 1 N–H and O–H groups in total. The van der Waals surface area contributed by atoms with Crippen molar-refractivity contribution in [1.29, 1.82) is 0 Å². The average molecular weight is 231 g/mol. The molecule has 0 aromatic heterocycles. The number of benzene rings is 1. The lowest BCUT2D eigenvalue weighted by molar-refractivity contribution is 0.353. The summed E-state index contributed by atoms with van der Waals surface area (Å²) in [5.74, 6) is 0. The van der Waals surface area contributed by atoms with Crippen molar-refractivity contribution in [2.24, 2.45) is 4.99 Å². The Balaban J connectivity index is 2.28. The maximum absolute atomic E-state index is 5.93. The fourth-order valence-corrected chi connectivity index (χ4v) is 1.56. The van der Waals surface area contributed by atoms with Crippen molar-refractivity contribution in [3.05, 3.63) is 28.2 Å². The van der Waals surface area contributed by atoms with Crippen molar-refractivity contribution >= 4 is 34.9 Å². The number of hydrogen-bond donors (Lipinski definition) is 1. The third-order valence-corrected chi connectivity index (χ3v) is 2.29. The lowest BCUT2D eigenvalue weighted by Crippen LogP contribution is -2.14. The average Bonchev–Trinajstić information content (AvgIpc) is 2.62. The van der Waals surface area contributed by atoms with Gasteiger partial charge in [0.15, 0.2) is 0 Å². The molecule has 0 amide bonds. The first-order chi connectivity index (χ1) is 6.75. The molecule has 0 radical (unpaired) electrons. The predicted octanol–water partition coefficient (Wildman–Crippen LogP) is 2.60. The standard InChI is InChI=1S/C9H8Cl2N2O/c10-6-1-2-8(7(11)5-6)13-9-12-3-4-14-9/h1-2,5H,3-4H2,(H,12,13). The van der Waals surface area contributed by atoms with Gasteiger partial charge in [-0.05, 0) is 18.2 Å². The van der Waals surface area contributed by atoms with Crippen molar-refractivity contribution in [2.75, 3.05) is 13.2 Å². The van der Waals surface area contributed by atoms with Crippen LogP contribution < -0.4 is 5.32 Å². The Kier molecular flexibility index (Phi) is 2.79. The van der Waals surface area contributed by atoms with Crippen molar-refractivity contribution in [3.8, 4) is 0 Å². The molecule has 1 aromatic carbocycles. The first-order valence-electron chi connectivity index (χ1n) is 4.16. The lowest BCUT2D eigenvalue weighted by Gasteiger charge is -2.00. The zero-order valence-corrected chi connectivity index (χ0v) is 8.77. The molecule has 0 spiro atoms. The van der Waals surface area contributed by atoms with Crippen LogP contribution in [0, 0.1) is 0 Å². The summed E-state index contributed by atoms with van der Waals surface area (Å²) in [6.07, 6.45) is 0. The Bertz CT molecular complexity index is 371. The molecule has 5 heteroatoms. The normalized spacial score (nSPS) is 18.0. The van der Waals surface area contributed by atoms with Crippen LogP contribution in [0.25, 0.3) is 0 Å². The van der Waals surface area contributed by atoms with E-state index in [1.807, 2.05) is 0 Å². The van der Waals surface area contributed by atoms with Crippen LogP contribution in [0.5, 0.6) is 0 Å². The molecule has 1 aliphatic heterocycles. The maximum Gasteiger partial charge on any atom is 0.290 e. The number of halogens is 2. The van der Waals surface area contributed by atoms with E-state index in [0.29, 0.717) is 28.4 Å². The van der Waals surface area contributed by atoms with Gasteiger partial charge in [-0.3, -0.25) is 0 Å². The molecule has 0 unspecified atom stereocenters. The first-order valence-corrected chi connectivity index (χ1v) is 4.92. The van der Waals surface area contributed by atoms with Gasteiger partial charge in [0.25, 0.3) is 6.02 Å². The molecule has 0 saturated carbocycles. The Morgan fingerprint density at radius 2 is 2.21 bits per heavy atom. The van der Waals surface area contributed by atoms with Crippen LogP contribution in [-0.4, -0.2) is 19.2 Å². The molecule has 74 valence electrons. The third kappa shape index (κ3) is 2.11. The summed E-state index contributed by atoms with van der Waals surface area (Å²) in [5, 5.41) is 4.10. The van der Waals surface area contributed by atoms with E-state index in [-0.39, 0.29) is 0 Å². The van der Waals surface area contributed by atoms with Gasteiger partial charge < -0.3 is 10.1 Å². The van der Waals surface area contributed by atoms with Gasteiger partial charge in [-0.1, -0.05) is 23.2 Å². The number of rotatable bonds is 1. The first kappa shape index (κ1) is 9.62. The summed E-state index contributed by atoms with van der Waals surface area (Å²) in [4.78, 5) is 4.19. The summed E-state index contributed by atoms with van der Waals surface area (Å²) in [6.45, 7) is 1.42. The summed E-state index contributed by atoms with van der Waals surface area (Å²) in [5.41, 5.74) is 0.653. The van der Waals surface area contributed by atoms with Gasteiger partial charge in [0, 0.05) is 5.02 Å². The Morgan fingerprint density at radius 3 is 2.86 bits per heavy atom. The second kappa shape index (κ2) is 4.07. The molecular weight excluding hydrogens is 223 g/mol. The highest BCUT2D eigenvalue weighted by molar-refractivity contribution is 6.36. The van der Waals surface area contributed by atoms with Gasteiger partial charge in [-0.2, -0.15) is 4.99 Å². The second-order valence-corrected chi connectivity index (χ2v) is 3.63. The predicted molar refractivity (Wildman–Crippen MR) is 57.5 cm³/mol. The number of aliphatic imine (C=N–C) groups is 1. The highest BCUT2D eigenvalue weighted by Gasteiger charge is 2.08. The van der Waals surface area contributed by atoms with E-state index in [2.05, 4.69) is 10.3 Å². The minimum Gasteiger partial charge on any atom is -0.463 e. The number of nitrogens with one attached hydrogen (secondary N) is 1. The molecular formula is C9H8Cl2N2O. The molecule has 0 atom stereocenters. The van der Waals surface area contributed by atoms with Gasteiger partial charge in [0.2, 0.25) is 0 Å². The van der Waals surface area contributed by atoms with Crippen LogP contribution in [0.4, 0.5) is 5.69 Å². The minimum absolute atomic E-state index is 0.509. The molecule has 2 rings (SSSR count). The Morgan fingerprint density at radius 1 is 1.36 bits per heavy atom. The SMILES string of the molecule is Clc1ccc(N=C2NCCO2)c(Cl)c1. The van der Waals surface area contributed by atoms with Crippen LogP contribution in [0.1, 0.15) is 0 Å². The number of nitrogens with zero attached hydrogens (tertiary/aromatic N) is 1. The molecule has 3 nitrogen and oxygen atoms in total. The van der Waals surface area contributed by atoms with Crippen LogP contribution in [0.15, 0.2) is 23.2 Å². The molecule has 1 saturated heterocycles. The van der Waals surface area contributed by atoms with Crippen molar-refractivity contribution in [1.82, 2.24) is 5.32 Å². The van der Waals surface area contributed by atoms with E-state index in [1.165, 1.54) is 0 Å². The molecule has 0 bridgehead atoms. The number of amidine groups is 1. The fraction of sp³-hybridized carbons (Fsp3) is 0.222. The van der Waals surface area contributed by atoms with Gasteiger partial charge in [0.05, 0.1) is 17.3 Å². The Labute approximate surface area is 91.7 Å². The van der Waals surface area contributed by atoms with E-state index in [9.17, 15) is 0 Å². The summed E-state index contributed by atoms with van der Waals surface area (Å²) < 4.78 is 5.19. The summed E-state index contributed by atoms with van der Waals surface area (Å²) in [6, 6.07) is 5.65. The molecule has 1 aliphatic rings. The highest BCUT2D eigenvalue weighted by Crippen LogP contribution is 2.27. The highest BCUT2D eigenvalue weighted by atomic mass is 35.5. The van der Waals surface area contributed by atoms with Crippen LogP contribution >= 0.6 is 23.2 Å². The number of ether oxygens (including phenoxy) is 1. The molecule has 1 heterocycles. The van der Waals surface area contributed by atoms with E-state index in [0.717, 1.165) is 6.54 Å². The quantitative estimate of drug-likeness (QED) is 0.805. The van der Waals surface area contributed by atoms with Crippen LogP contribution in [0.2, 0.25) is 10.0 Å². The monoisotopic (exact) mass is 230 g/mol. The fourth-order valence-electron chi connectivity index (χ4n) is 1.11. The molecule has 1 aromatic rings. The van der Waals surface area contributed by atoms with E-state index < -0.39 is 0 Å². The van der Waals surface area contributed by atoms with E-state index in [1.54, 1.807) is 18.2 Å². The third-order valence-electron chi connectivity index (χ3n) is 1.75. The minimum atomic E-state index is 0.509. The van der Waals surface area contributed by atoms with Gasteiger partial charge in [0.1, 0.15) is 6.61 Å². The lowest BCUT2D eigenvalue weighted by atomic mass is 10.3. The van der Waals surface area contributed by atoms with E-state index >= 15 is 0 Å². The zero-order valence-electron chi connectivity index (χ0n) is 7.26. The number of hydrogen-bond acceptors (Lipinski definition) is 2. The van der Waals surface area contributed by atoms with Crippen molar-refractivity contribution in [3.63, 3.8) is 0 Å². The summed E-state index contributed by atoms with van der Waals surface area (Å²) in [7, 11) is 0. The smallest absolute Gasteiger partial charge is 0.290 e. The van der Waals surface area contributed by atoms with Crippen LogP contribution in [-0.2, 0) is 4.74 Å². The van der Waals surface area contributed by atoms with Gasteiger partial charge in [-0.15, -0.1) is 0 Å². The topological polar surface area (TPSA) is 33.6 Å². The van der Waals surface area contributed by atoms with E-state index in [4.69, 9.17) is 27.9 Å². The van der Waals surface area contributed by atoms with Gasteiger partial charge in [-0.25, -0.2) is 0 Å². The van der Waals surface area contributed by atoms with Gasteiger partial charge >= 0.3 is 0 Å². The second-order valence-electron chi connectivity index (χ2n) is 2.79. The van der Waals surface area contributed by atoms with Crippen molar-refractivity contribution < 1.29 is 4.74 Å². The largest absolute Gasteiger partial charge is 0.463 e. The van der Waals surface area contributed by atoms with Crippen LogP contribution in [0.3, 0.4) is 0 Å². The molecule has 1 fully saturated rings. The zero-order chi connectivity index (χ0) is 9.97.